The quantitative estimate of drug-likeness (QED) is 0.536. The second-order valence-corrected chi connectivity index (χ2v) is 9.91. The van der Waals surface area contributed by atoms with Crippen LogP contribution >= 0.6 is 11.3 Å². The molecule has 0 saturated heterocycles. The highest BCUT2D eigenvalue weighted by Gasteiger charge is 2.23. The van der Waals surface area contributed by atoms with Gasteiger partial charge >= 0.3 is 0 Å². The number of fused-ring (bicyclic) bond motifs is 1. The Balaban J connectivity index is 1.73. The molecule has 1 N–H and O–H groups in total. The van der Waals surface area contributed by atoms with E-state index in [2.05, 4.69) is 20.4 Å². The van der Waals surface area contributed by atoms with Crippen molar-refractivity contribution in [2.45, 2.75) is 11.1 Å². The molecule has 4 aromatic heterocycles. The van der Waals surface area contributed by atoms with Crippen molar-refractivity contribution in [1.82, 2.24) is 28.5 Å². The number of sulfonamides is 1. The number of aromatic nitrogens is 5. The largest absolute Gasteiger partial charge is 0.329 e. The van der Waals surface area contributed by atoms with E-state index < -0.39 is 10.0 Å². The minimum absolute atomic E-state index is 0.311. The molecule has 0 aliphatic rings. The maximum Gasteiger partial charge on any atom is 0.252 e. The minimum Gasteiger partial charge on any atom is -0.329 e. The van der Waals surface area contributed by atoms with Crippen LogP contribution in [0.3, 0.4) is 0 Å². The molecule has 0 saturated carbocycles. The lowest BCUT2D eigenvalue weighted by molar-refractivity contribution is 0.522. The molecule has 0 aliphatic heterocycles. The topological polar surface area (TPSA) is 97.4 Å². The van der Waals surface area contributed by atoms with Gasteiger partial charge in [-0.15, -0.1) is 11.3 Å². The fourth-order valence-corrected chi connectivity index (χ4v) is 5.58. The van der Waals surface area contributed by atoms with Crippen LogP contribution in [0.25, 0.3) is 16.9 Å². The van der Waals surface area contributed by atoms with Crippen LogP contribution in [0.2, 0.25) is 0 Å². The zero-order valence-corrected chi connectivity index (χ0v) is 17.4. The van der Waals surface area contributed by atoms with Gasteiger partial charge in [-0.05, 0) is 18.6 Å². The molecular weight excluding hydrogens is 398 g/mol. The third-order valence-corrected chi connectivity index (χ3v) is 7.84. The summed E-state index contributed by atoms with van der Waals surface area (Å²) >= 11 is 1.17. The normalized spacial score (nSPS) is 12.2. The van der Waals surface area contributed by atoms with Crippen molar-refractivity contribution in [1.29, 1.82) is 0 Å². The summed E-state index contributed by atoms with van der Waals surface area (Å²) < 4.78 is 30.1. The molecule has 0 unspecified atom stereocenters. The summed E-state index contributed by atoms with van der Waals surface area (Å²) in [7, 11) is 1.42. The summed E-state index contributed by atoms with van der Waals surface area (Å²) in [5.74, 6) is 0.549. The number of imidazole rings is 1. The highest BCUT2D eigenvalue weighted by Crippen LogP contribution is 2.34. The van der Waals surface area contributed by atoms with Crippen molar-refractivity contribution >= 4 is 37.8 Å². The molecule has 0 radical (unpaired) electrons. The average molecular weight is 418 g/mol. The first-order valence-electron chi connectivity index (χ1n) is 8.38. The molecule has 146 valence electrons. The lowest BCUT2D eigenvalue weighted by Crippen LogP contribution is -2.21. The minimum atomic E-state index is -3.49. The fraction of sp³-hybridized carbons (Fsp3) is 0.235. The zero-order chi connectivity index (χ0) is 20.1. The molecule has 4 aromatic rings. The van der Waals surface area contributed by atoms with Gasteiger partial charge in [-0.1, -0.05) is 0 Å². The van der Waals surface area contributed by atoms with E-state index in [9.17, 15) is 8.42 Å². The SMILES string of the molecule is Cc1cc(Nc2nccn3c(-c4cnn(C)c4)cnc23)sc1S(=O)(=O)N(C)C. The van der Waals surface area contributed by atoms with Crippen molar-refractivity contribution in [3.63, 3.8) is 0 Å². The predicted octanol–water partition coefficient (Wildman–Crippen LogP) is 2.49. The summed E-state index contributed by atoms with van der Waals surface area (Å²) in [5.41, 5.74) is 3.17. The number of hydrogen-bond donors (Lipinski definition) is 1. The van der Waals surface area contributed by atoms with Crippen molar-refractivity contribution in [2.75, 3.05) is 19.4 Å². The molecule has 11 heteroatoms. The summed E-state index contributed by atoms with van der Waals surface area (Å²) in [6.45, 7) is 1.78. The fourth-order valence-electron chi connectivity index (χ4n) is 2.84. The van der Waals surface area contributed by atoms with Gasteiger partial charge in [0.05, 0.1) is 23.1 Å². The summed E-state index contributed by atoms with van der Waals surface area (Å²) in [4.78, 5) is 8.87. The zero-order valence-electron chi connectivity index (χ0n) is 15.8. The first-order chi connectivity index (χ1) is 13.3. The number of nitrogens with one attached hydrogen (secondary N) is 1. The molecule has 0 bridgehead atoms. The summed E-state index contributed by atoms with van der Waals surface area (Å²) in [6, 6.07) is 1.80. The number of nitrogens with zero attached hydrogens (tertiary/aromatic N) is 6. The Kier molecular flexibility index (Phi) is 4.44. The number of aryl methyl sites for hydroxylation is 2. The van der Waals surface area contributed by atoms with Gasteiger partial charge in [0, 0.05) is 45.3 Å². The predicted molar refractivity (Wildman–Crippen MR) is 108 cm³/mol. The molecule has 0 aliphatic carbocycles. The molecule has 28 heavy (non-hydrogen) atoms. The van der Waals surface area contributed by atoms with Crippen LogP contribution in [0.15, 0.2) is 41.3 Å². The molecule has 0 amide bonds. The van der Waals surface area contributed by atoms with E-state index in [4.69, 9.17) is 0 Å². The Morgan fingerprint density at radius 2 is 2.00 bits per heavy atom. The molecular formula is C17H19N7O2S2. The lowest BCUT2D eigenvalue weighted by atomic mass is 10.3. The molecule has 4 rings (SSSR count). The number of rotatable bonds is 5. The van der Waals surface area contributed by atoms with Crippen LogP contribution in [0.4, 0.5) is 10.8 Å². The number of anilines is 2. The van der Waals surface area contributed by atoms with Crippen LogP contribution < -0.4 is 5.32 Å². The summed E-state index contributed by atoms with van der Waals surface area (Å²) in [6.07, 6.45) is 8.96. The summed E-state index contributed by atoms with van der Waals surface area (Å²) in [5, 5.41) is 8.10. The Bertz CT molecular complexity index is 1270. The number of hydrogen-bond acceptors (Lipinski definition) is 7. The second-order valence-electron chi connectivity index (χ2n) is 6.51. The van der Waals surface area contributed by atoms with Crippen LogP contribution in [-0.4, -0.2) is 51.0 Å². The van der Waals surface area contributed by atoms with Crippen LogP contribution in [0.5, 0.6) is 0 Å². The molecule has 9 nitrogen and oxygen atoms in total. The van der Waals surface area contributed by atoms with Gasteiger partial charge in [-0.3, -0.25) is 9.08 Å². The smallest absolute Gasteiger partial charge is 0.252 e. The van der Waals surface area contributed by atoms with Gasteiger partial charge in [-0.25, -0.2) is 22.7 Å². The van der Waals surface area contributed by atoms with Gasteiger partial charge in [0.2, 0.25) is 0 Å². The van der Waals surface area contributed by atoms with E-state index >= 15 is 0 Å². The standard InChI is InChI=1S/C17H19N7O2S2/c1-11-7-14(27-17(11)28(25,26)22(2)3)21-15-16-19-9-13(24(16)6-5-18-15)12-8-20-23(4)10-12/h5-10H,1-4H3,(H,18,21). The molecule has 0 atom stereocenters. The van der Waals surface area contributed by atoms with Crippen molar-refractivity contribution in [3.05, 3.63) is 42.6 Å². The van der Waals surface area contributed by atoms with Crippen molar-refractivity contribution < 1.29 is 8.42 Å². The van der Waals surface area contributed by atoms with E-state index in [1.165, 1.54) is 29.7 Å². The highest BCUT2D eigenvalue weighted by molar-refractivity contribution is 7.91. The number of thiophene rings is 1. The van der Waals surface area contributed by atoms with E-state index in [1.54, 1.807) is 36.3 Å². The third kappa shape index (κ3) is 3.07. The first-order valence-corrected chi connectivity index (χ1v) is 10.6. The lowest BCUT2D eigenvalue weighted by Gasteiger charge is -2.09. The molecule has 0 spiro atoms. The highest BCUT2D eigenvalue weighted by atomic mass is 32.2. The Morgan fingerprint density at radius 3 is 2.68 bits per heavy atom. The van der Waals surface area contributed by atoms with Gasteiger partial charge in [0.25, 0.3) is 10.0 Å². The van der Waals surface area contributed by atoms with E-state index in [-0.39, 0.29) is 0 Å². The second kappa shape index (κ2) is 6.69. The first kappa shape index (κ1) is 18.6. The van der Waals surface area contributed by atoms with Crippen LogP contribution in [-0.2, 0) is 17.1 Å². The molecule has 0 aromatic carbocycles. The van der Waals surface area contributed by atoms with E-state index in [0.717, 1.165) is 11.3 Å². The Morgan fingerprint density at radius 1 is 1.21 bits per heavy atom. The van der Waals surface area contributed by atoms with Crippen LogP contribution in [0, 0.1) is 6.92 Å². The van der Waals surface area contributed by atoms with Crippen LogP contribution in [0.1, 0.15) is 5.56 Å². The van der Waals surface area contributed by atoms with E-state index in [0.29, 0.717) is 26.2 Å². The van der Waals surface area contributed by atoms with E-state index in [1.807, 2.05) is 23.8 Å². The van der Waals surface area contributed by atoms with Gasteiger partial charge in [0.1, 0.15) is 4.21 Å². The average Bonchev–Trinajstić information content (AvgIpc) is 3.33. The molecule has 4 heterocycles. The van der Waals surface area contributed by atoms with Crippen molar-refractivity contribution in [2.24, 2.45) is 7.05 Å². The maximum absolute atomic E-state index is 12.5. The molecule has 0 fully saturated rings. The third-order valence-electron chi connectivity index (χ3n) is 4.26. The van der Waals surface area contributed by atoms with Gasteiger partial charge < -0.3 is 5.32 Å². The van der Waals surface area contributed by atoms with Crippen molar-refractivity contribution in [3.8, 4) is 11.3 Å². The Labute approximate surface area is 166 Å². The Hall–Kier alpha value is -2.76. The monoisotopic (exact) mass is 417 g/mol. The van der Waals surface area contributed by atoms with Gasteiger partial charge in [-0.2, -0.15) is 5.10 Å². The van der Waals surface area contributed by atoms with Gasteiger partial charge in [0.15, 0.2) is 11.5 Å². The maximum atomic E-state index is 12.5.